The van der Waals surface area contributed by atoms with Crippen LogP contribution in [-0.2, 0) is 10.3 Å². The standard InChI is InChI=1S/C22H29F2N3O/c1-14-10-22(13-25-12-14,27-18(28)11-21(2,3)4)17-8-7-16(20(23)24)19-15(17)6-5-9-26-19/h5-9,14,20,25H,10-13H2,1-4H3,(H,27,28)/t14-,22-/m0/s1. The van der Waals surface area contributed by atoms with Crippen molar-refractivity contribution in [3.05, 3.63) is 41.6 Å². The molecule has 1 saturated heterocycles. The van der Waals surface area contributed by atoms with E-state index in [1.807, 2.05) is 26.8 Å². The van der Waals surface area contributed by atoms with Gasteiger partial charge in [0, 0.05) is 30.1 Å². The van der Waals surface area contributed by atoms with E-state index in [4.69, 9.17) is 0 Å². The lowest BCUT2D eigenvalue weighted by atomic mass is 9.76. The average Bonchev–Trinajstić information content (AvgIpc) is 2.58. The Labute approximate surface area is 165 Å². The lowest BCUT2D eigenvalue weighted by molar-refractivity contribution is -0.125. The first-order valence-electron chi connectivity index (χ1n) is 9.79. The SMILES string of the molecule is C[C@@H]1CNC[C@](NC(=O)CC(C)(C)C)(c2ccc(C(F)F)c3ncccc23)C1. The molecule has 0 radical (unpaired) electrons. The smallest absolute Gasteiger partial charge is 0.265 e. The molecule has 0 bridgehead atoms. The van der Waals surface area contributed by atoms with Crippen molar-refractivity contribution in [3.8, 4) is 0 Å². The van der Waals surface area contributed by atoms with Crippen LogP contribution in [0, 0.1) is 11.3 Å². The number of amides is 1. The molecule has 0 unspecified atom stereocenters. The van der Waals surface area contributed by atoms with Crippen molar-refractivity contribution >= 4 is 16.8 Å². The Morgan fingerprint density at radius 1 is 1.36 bits per heavy atom. The second-order valence-electron chi connectivity index (χ2n) is 9.21. The summed E-state index contributed by atoms with van der Waals surface area (Å²) in [6, 6.07) is 6.76. The summed E-state index contributed by atoms with van der Waals surface area (Å²) in [6.45, 7) is 9.63. The van der Waals surface area contributed by atoms with E-state index in [1.54, 1.807) is 12.1 Å². The Hall–Kier alpha value is -2.08. The predicted molar refractivity (Wildman–Crippen MR) is 107 cm³/mol. The van der Waals surface area contributed by atoms with Crippen molar-refractivity contribution in [1.29, 1.82) is 0 Å². The zero-order valence-corrected chi connectivity index (χ0v) is 17.0. The molecule has 1 amide bonds. The van der Waals surface area contributed by atoms with E-state index >= 15 is 0 Å². The van der Waals surface area contributed by atoms with E-state index in [-0.39, 0.29) is 16.9 Å². The summed E-state index contributed by atoms with van der Waals surface area (Å²) in [5, 5.41) is 7.34. The summed E-state index contributed by atoms with van der Waals surface area (Å²) < 4.78 is 27.0. The number of hydrogen-bond acceptors (Lipinski definition) is 3. The highest BCUT2D eigenvalue weighted by Gasteiger charge is 2.40. The fraction of sp³-hybridized carbons (Fsp3) is 0.545. The predicted octanol–water partition coefficient (Wildman–Crippen LogP) is 4.55. The van der Waals surface area contributed by atoms with Crippen LogP contribution < -0.4 is 10.6 Å². The number of alkyl halides is 2. The number of rotatable bonds is 4. The highest BCUT2D eigenvalue weighted by Crippen LogP contribution is 2.38. The minimum Gasteiger partial charge on any atom is -0.345 e. The Balaban J connectivity index is 2.11. The Morgan fingerprint density at radius 3 is 2.75 bits per heavy atom. The molecule has 4 nitrogen and oxygen atoms in total. The van der Waals surface area contributed by atoms with Gasteiger partial charge in [-0.25, -0.2) is 8.78 Å². The van der Waals surface area contributed by atoms with Crippen LogP contribution in [0.5, 0.6) is 0 Å². The maximum absolute atomic E-state index is 13.5. The minimum atomic E-state index is -2.60. The molecule has 6 heteroatoms. The second kappa shape index (κ2) is 7.74. The lowest BCUT2D eigenvalue weighted by Gasteiger charge is -2.42. The van der Waals surface area contributed by atoms with Crippen LogP contribution in [0.1, 0.15) is 58.1 Å². The number of hydrogen-bond donors (Lipinski definition) is 2. The number of carbonyl (C=O) groups is 1. The number of aromatic nitrogens is 1. The normalized spacial score (nSPS) is 23.2. The number of pyridine rings is 1. The molecule has 0 saturated carbocycles. The molecule has 2 N–H and O–H groups in total. The largest absolute Gasteiger partial charge is 0.345 e. The van der Waals surface area contributed by atoms with Crippen LogP contribution in [0.15, 0.2) is 30.5 Å². The first-order valence-corrected chi connectivity index (χ1v) is 9.79. The maximum atomic E-state index is 13.5. The van der Waals surface area contributed by atoms with Crippen molar-refractivity contribution in [1.82, 2.24) is 15.6 Å². The molecule has 3 rings (SSSR count). The van der Waals surface area contributed by atoms with E-state index in [1.165, 1.54) is 12.3 Å². The molecule has 0 spiro atoms. The van der Waals surface area contributed by atoms with Crippen LogP contribution in [0.25, 0.3) is 10.9 Å². The van der Waals surface area contributed by atoms with Gasteiger partial charge in [-0.1, -0.05) is 45.9 Å². The molecule has 1 aromatic carbocycles. The number of piperidine rings is 1. The highest BCUT2D eigenvalue weighted by molar-refractivity contribution is 5.87. The number of nitrogens with one attached hydrogen (secondary N) is 2. The summed E-state index contributed by atoms with van der Waals surface area (Å²) in [4.78, 5) is 17.1. The van der Waals surface area contributed by atoms with Gasteiger partial charge in [0.05, 0.1) is 11.1 Å². The maximum Gasteiger partial charge on any atom is 0.265 e. The monoisotopic (exact) mass is 389 g/mol. The number of benzene rings is 1. The third kappa shape index (κ3) is 4.32. The number of nitrogens with zero attached hydrogens (tertiary/aromatic N) is 1. The molecule has 28 heavy (non-hydrogen) atoms. The fourth-order valence-corrected chi connectivity index (χ4v) is 4.22. The van der Waals surface area contributed by atoms with Crippen molar-refractivity contribution in [3.63, 3.8) is 0 Å². The molecule has 2 aromatic rings. The third-order valence-corrected chi connectivity index (χ3v) is 5.24. The topological polar surface area (TPSA) is 54.0 Å². The summed E-state index contributed by atoms with van der Waals surface area (Å²) in [5.41, 5.74) is 0.288. The third-order valence-electron chi connectivity index (χ3n) is 5.24. The van der Waals surface area contributed by atoms with Crippen molar-refractivity contribution < 1.29 is 13.6 Å². The van der Waals surface area contributed by atoms with Gasteiger partial charge in [0.2, 0.25) is 5.91 Å². The second-order valence-corrected chi connectivity index (χ2v) is 9.21. The van der Waals surface area contributed by atoms with Crippen LogP contribution in [-0.4, -0.2) is 24.0 Å². The molecule has 1 aromatic heterocycles. The summed E-state index contributed by atoms with van der Waals surface area (Å²) >= 11 is 0. The Kier molecular flexibility index (Phi) is 5.71. The lowest BCUT2D eigenvalue weighted by Crippen LogP contribution is -2.57. The van der Waals surface area contributed by atoms with Crippen LogP contribution in [0.3, 0.4) is 0 Å². The highest BCUT2D eigenvalue weighted by atomic mass is 19.3. The van der Waals surface area contributed by atoms with Crippen LogP contribution >= 0.6 is 0 Å². The molecule has 2 atom stereocenters. The van der Waals surface area contributed by atoms with E-state index in [9.17, 15) is 13.6 Å². The number of carbonyl (C=O) groups excluding carboxylic acids is 1. The van der Waals surface area contributed by atoms with Gasteiger partial charge in [0.15, 0.2) is 0 Å². The Bertz CT molecular complexity index is 862. The van der Waals surface area contributed by atoms with Gasteiger partial charge in [-0.2, -0.15) is 0 Å². The van der Waals surface area contributed by atoms with Gasteiger partial charge < -0.3 is 10.6 Å². The van der Waals surface area contributed by atoms with Gasteiger partial charge in [-0.15, -0.1) is 0 Å². The average molecular weight is 389 g/mol. The van der Waals surface area contributed by atoms with Crippen molar-refractivity contribution in [2.75, 3.05) is 13.1 Å². The minimum absolute atomic E-state index is 0.0293. The summed E-state index contributed by atoms with van der Waals surface area (Å²) in [6.07, 6.45) is 0.0775. The van der Waals surface area contributed by atoms with Gasteiger partial charge >= 0.3 is 0 Å². The first-order chi connectivity index (χ1) is 13.1. The van der Waals surface area contributed by atoms with Gasteiger partial charge in [-0.3, -0.25) is 9.78 Å². The van der Waals surface area contributed by atoms with Crippen LogP contribution in [0.2, 0.25) is 0 Å². The zero-order chi connectivity index (χ0) is 20.5. The zero-order valence-electron chi connectivity index (χ0n) is 17.0. The van der Waals surface area contributed by atoms with Gasteiger partial charge in [0.1, 0.15) is 0 Å². The molecular weight excluding hydrogens is 360 g/mol. The van der Waals surface area contributed by atoms with Gasteiger partial charge in [0.25, 0.3) is 6.43 Å². The van der Waals surface area contributed by atoms with E-state index in [2.05, 4.69) is 22.5 Å². The molecule has 1 aliphatic heterocycles. The molecule has 1 aliphatic rings. The quantitative estimate of drug-likeness (QED) is 0.807. The summed E-state index contributed by atoms with van der Waals surface area (Å²) in [5.74, 6) is 0.309. The first kappa shape index (κ1) is 20.6. The number of fused-ring (bicyclic) bond motifs is 1. The van der Waals surface area contributed by atoms with Crippen molar-refractivity contribution in [2.45, 2.75) is 52.5 Å². The molecule has 0 aliphatic carbocycles. The molecule has 1 fully saturated rings. The summed E-state index contributed by atoms with van der Waals surface area (Å²) in [7, 11) is 0. The molecule has 152 valence electrons. The fourth-order valence-electron chi connectivity index (χ4n) is 4.22. The molecule has 2 heterocycles. The van der Waals surface area contributed by atoms with E-state index < -0.39 is 12.0 Å². The van der Waals surface area contributed by atoms with Gasteiger partial charge in [-0.05, 0) is 35.9 Å². The number of halogens is 2. The Morgan fingerprint density at radius 2 is 2.11 bits per heavy atom. The van der Waals surface area contributed by atoms with Crippen LogP contribution in [0.4, 0.5) is 8.78 Å². The van der Waals surface area contributed by atoms with Crippen molar-refractivity contribution in [2.24, 2.45) is 11.3 Å². The van der Waals surface area contributed by atoms with E-state index in [0.29, 0.717) is 29.8 Å². The molecular formula is C22H29F2N3O. The van der Waals surface area contributed by atoms with E-state index in [0.717, 1.165) is 18.5 Å².